The average Bonchev–Trinajstić information content (AvgIpc) is 2.79. The van der Waals surface area contributed by atoms with E-state index < -0.39 is 20.3 Å². The molecule has 0 fully saturated rings. The van der Waals surface area contributed by atoms with Gasteiger partial charge in [-0.2, -0.15) is 0 Å². The molecule has 0 aliphatic rings. The Morgan fingerprint density at radius 2 is 1.39 bits per heavy atom. The lowest BCUT2D eigenvalue weighted by Crippen LogP contribution is -2.50. The van der Waals surface area contributed by atoms with Crippen molar-refractivity contribution in [2.75, 3.05) is 7.11 Å². The second-order valence-electron chi connectivity index (χ2n) is 12.8. The van der Waals surface area contributed by atoms with E-state index in [1.54, 1.807) is 7.11 Å². The molecule has 1 N–H and O–H groups in total. The Labute approximate surface area is 222 Å². The molecule has 208 valence electrons. The van der Waals surface area contributed by atoms with Gasteiger partial charge in [0.05, 0.1) is 32.0 Å². The number of carbonyl (C=O) groups is 1. The van der Waals surface area contributed by atoms with E-state index in [1.165, 1.54) is 0 Å². The number of hydrogen-bond donors (Lipinski definition) is 1. The van der Waals surface area contributed by atoms with Crippen LogP contribution in [0.25, 0.3) is 0 Å². The lowest BCUT2D eigenvalue weighted by molar-refractivity contribution is -0.137. The summed E-state index contributed by atoms with van der Waals surface area (Å²) in [6, 6.07) is 7.81. The fourth-order valence-corrected chi connectivity index (χ4v) is 6.10. The van der Waals surface area contributed by atoms with Crippen LogP contribution in [0, 0.1) is 29.6 Å². The van der Waals surface area contributed by atoms with E-state index >= 15 is 0 Å². The van der Waals surface area contributed by atoms with Crippen molar-refractivity contribution in [2.45, 2.75) is 112 Å². The number of methoxy groups -OCH3 is 1. The van der Waals surface area contributed by atoms with E-state index in [4.69, 9.17) is 13.9 Å². The van der Waals surface area contributed by atoms with E-state index in [9.17, 15) is 9.90 Å². The Morgan fingerprint density at radius 3 is 1.81 bits per heavy atom. The number of aliphatic hydroxyl groups excluding tert-OH is 1. The van der Waals surface area contributed by atoms with Gasteiger partial charge in [0.15, 0.2) is 8.32 Å². The molecule has 0 amide bonds. The van der Waals surface area contributed by atoms with Crippen molar-refractivity contribution in [1.82, 2.24) is 0 Å². The van der Waals surface area contributed by atoms with E-state index in [0.29, 0.717) is 6.61 Å². The highest BCUT2D eigenvalue weighted by atomic mass is 28.4. The van der Waals surface area contributed by atoms with Gasteiger partial charge in [-0.25, -0.2) is 0 Å². The molecule has 0 radical (unpaired) electrons. The molecule has 6 atom stereocenters. The summed E-state index contributed by atoms with van der Waals surface area (Å²) in [4.78, 5) is 13.6. The third-order valence-corrected chi connectivity index (χ3v) is 12.6. The van der Waals surface area contributed by atoms with Gasteiger partial charge in [-0.05, 0) is 47.7 Å². The third kappa shape index (κ3) is 8.68. The fourth-order valence-electron chi connectivity index (χ4n) is 4.59. The van der Waals surface area contributed by atoms with Crippen LogP contribution in [0.1, 0.15) is 74.8 Å². The minimum atomic E-state index is -2.05. The maximum absolute atomic E-state index is 13.6. The lowest BCUT2D eigenvalue weighted by Gasteiger charge is -2.42. The molecular weight excluding hydrogens is 468 g/mol. The van der Waals surface area contributed by atoms with Crippen molar-refractivity contribution in [3.63, 3.8) is 0 Å². The molecule has 0 aliphatic carbocycles. The van der Waals surface area contributed by atoms with Gasteiger partial charge in [-0.15, -0.1) is 0 Å². The molecule has 1 aromatic carbocycles. The topological polar surface area (TPSA) is 65.0 Å². The zero-order valence-electron chi connectivity index (χ0n) is 25.2. The van der Waals surface area contributed by atoms with Gasteiger partial charge >= 0.3 is 0 Å². The standard InChI is InChI=1S/C30H54O5Si/c1-19(2)28(34-18-24-14-16-25(33-11)17-15-24)22(6)26(31)21(5)27(32)23(7)29(20(3)4)35-36(12,13)30(8,9)10/h14-17,19-23,26,28-29,31H,18H2,1-13H3/t21-,22+,23-,26-,28+,29-/m1/s1. The van der Waals surface area contributed by atoms with Crippen molar-refractivity contribution < 1.29 is 23.8 Å². The van der Waals surface area contributed by atoms with E-state index in [2.05, 4.69) is 61.6 Å². The molecule has 6 heteroatoms. The Morgan fingerprint density at radius 1 is 0.889 bits per heavy atom. The number of ketones is 1. The first-order valence-corrected chi connectivity index (χ1v) is 16.5. The second kappa shape index (κ2) is 13.5. The largest absolute Gasteiger partial charge is 0.497 e. The van der Waals surface area contributed by atoms with Crippen molar-refractivity contribution in [2.24, 2.45) is 29.6 Å². The summed E-state index contributed by atoms with van der Waals surface area (Å²) in [5.41, 5.74) is 1.04. The van der Waals surface area contributed by atoms with Gasteiger partial charge in [0.2, 0.25) is 0 Å². The van der Waals surface area contributed by atoms with Crippen LogP contribution < -0.4 is 4.74 Å². The van der Waals surface area contributed by atoms with Crippen LogP contribution in [0.5, 0.6) is 5.75 Å². The number of carbonyl (C=O) groups excluding carboxylic acids is 1. The lowest BCUT2D eigenvalue weighted by atomic mass is 9.78. The number of hydrogen-bond acceptors (Lipinski definition) is 5. The van der Waals surface area contributed by atoms with Crippen LogP contribution in [0.3, 0.4) is 0 Å². The molecule has 0 heterocycles. The Kier molecular flexibility index (Phi) is 12.3. The first kappa shape index (κ1) is 32.8. The second-order valence-corrected chi connectivity index (χ2v) is 17.5. The maximum Gasteiger partial charge on any atom is 0.192 e. The highest BCUT2D eigenvalue weighted by Gasteiger charge is 2.43. The number of Topliss-reactive ketones (excluding diaryl/α,β-unsaturated/α-hetero) is 1. The number of benzene rings is 1. The summed E-state index contributed by atoms with van der Waals surface area (Å²) in [6.45, 7) is 25.8. The summed E-state index contributed by atoms with van der Waals surface area (Å²) in [5.74, 6) is 0.257. The summed E-state index contributed by atoms with van der Waals surface area (Å²) < 4.78 is 18.3. The molecule has 0 unspecified atom stereocenters. The normalized spacial score (nSPS) is 18.0. The molecule has 0 spiro atoms. The quantitative estimate of drug-likeness (QED) is 0.264. The van der Waals surface area contributed by atoms with Crippen molar-refractivity contribution in [3.05, 3.63) is 29.8 Å². The fraction of sp³-hybridized carbons (Fsp3) is 0.767. The Hall–Kier alpha value is -1.21. The molecule has 0 aromatic heterocycles. The van der Waals surface area contributed by atoms with Crippen LogP contribution >= 0.6 is 0 Å². The first-order chi connectivity index (χ1) is 16.4. The Bertz CT molecular complexity index is 797. The molecule has 1 rings (SSSR count). The molecule has 1 aromatic rings. The van der Waals surface area contributed by atoms with E-state index in [0.717, 1.165) is 11.3 Å². The van der Waals surface area contributed by atoms with Crippen LogP contribution in [0.2, 0.25) is 18.1 Å². The molecule has 0 saturated carbocycles. The summed E-state index contributed by atoms with van der Waals surface area (Å²) in [7, 11) is -0.399. The van der Waals surface area contributed by atoms with Crippen molar-refractivity contribution in [3.8, 4) is 5.75 Å². The predicted molar refractivity (Wildman–Crippen MR) is 152 cm³/mol. The number of ether oxygens (including phenoxy) is 2. The van der Waals surface area contributed by atoms with Gasteiger partial charge in [0.1, 0.15) is 11.5 Å². The van der Waals surface area contributed by atoms with Crippen LogP contribution in [-0.2, 0) is 20.6 Å². The van der Waals surface area contributed by atoms with Crippen LogP contribution in [0.4, 0.5) is 0 Å². The van der Waals surface area contributed by atoms with Gasteiger partial charge in [-0.3, -0.25) is 4.79 Å². The third-order valence-electron chi connectivity index (χ3n) is 8.11. The van der Waals surface area contributed by atoms with Gasteiger partial charge < -0.3 is 19.0 Å². The SMILES string of the molecule is COc1ccc(CO[C@@H](C(C)C)[C@@H](C)[C@H](O)[C@@H](C)C(=O)[C@@H](C)[C@H](O[Si](C)(C)C(C)(C)C)C(C)C)cc1. The molecule has 0 bridgehead atoms. The minimum Gasteiger partial charge on any atom is -0.497 e. The van der Waals surface area contributed by atoms with Crippen molar-refractivity contribution >= 4 is 14.1 Å². The number of aliphatic hydroxyl groups is 1. The molecule has 0 saturated heterocycles. The summed E-state index contributed by atoms with van der Waals surface area (Å²) in [6.07, 6.45) is -1.16. The zero-order valence-corrected chi connectivity index (χ0v) is 26.2. The zero-order chi connectivity index (χ0) is 28.0. The molecule has 0 aliphatic heterocycles. The van der Waals surface area contributed by atoms with Gasteiger partial charge in [0, 0.05) is 17.8 Å². The van der Waals surface area contributed by atoms with E-state index in [-0.39, 0.29) is 46.7 Å². The van der Waals surface area contributed by atoms with Gasteiger partial charge in [-0.1, -0.05) is 81.4 Å². The highest BCUT2D eigenvalue weighted by Crippen LogP contribution is 2.39. The molecular formula is C30H54O5Si. The van der Waals surface area contributed by atoms with Crippen molar-refractivity contribution in [1.29, 1.82) is 0 Å². The van der Waals surface area contributed by atoms with Crippen LogP contribution in [0.15, 0.2) is 24.3 Å². The summed E-state index contributed by atoms with van der Waals surface area (Å²) in [5, 5.41) is 11.4. The van der Waals surface area contributed by atoms with Gasteiger partial charge in [0.25, 0.3) is 0 Å². The maximum atomic E-state index is 13.6. The molecule has 5 nitrogen and oxygen atoms in total. The Balaban J connectivity index is 2.96. The van der Waals surface area contributed by atoms with E-state index in [1.807, 2.05) is 45.0 Å². The predicted octanol–water partition coefficient (Wildman–Crippen LogP) is 7.12. The average molecular weight is 523 g/mol. The van der Waals surface area contributed by atoms with Crippen LogP contribution in [-0.4, -0.2) is 44.6 Å². The number of rotatable bonds is 14. The smallest absolute Gasteiger partial charge is 0.192 e. The molecule has 36 heavy (non-hydrogen) atoms. The summed E-state index contributed by atoms with van der Waals surface area (Å²) >= 11 is 0. The minimum absolute atomic E-state index is 0.0596. The first-order valence-electron chi connectivity index (χ1n) is 13.6. The monoisotopic (exact) mass is 522 g/mol. The highest BCUT2D eigenvalue weighted by molar-refractivity contribution is 6.74.